The van der Waals surface area contributed by atoms with Crippen molar-refractivity contribution >= 4 is 0 Å². The van der Waals surface area contributed by atoms with E-state index in [1.165, 1.54) is 12.8 Å². The third-order valence-corrected chi connectivity index (χ3v) is 4.06. The summed E-state index contributed by atoms with van der Waals surface area (Å²) in [6.45, 7) is 7.76. The Hall–Kier alpha value is -0.340. The minimum Gasteiger partial charge on any atom is -0.392 e. The maximum atomic E-state index is 9.50. The summed E-state index contributed by atoms with van der Waals surface area (Å²) in [6, 6.07) is 0. The van der Waals surface area contributed by atoms with Crippen molar-refractivity contribution in [3.8, 4) is 0 Å². The molecule has 0 saturated carbocycles. The summed E-state index contributed by atoms with van der Waals surface area (Å²) in [5.74, 6) is 1.54. The predicted molar refractivity (Wildman–Crippen MR) is 62.7 cm³/mol. The van der Waals surface area contributed by atoms with Gasteiger partial charge in [0.25, 0.3) is 0 Å². The molecule has 0 aromatic rings. The first kappa shape index (κ1) is 11.2. The monoisotopic (exact) mass is 209 g/mol. The van der Waals surface area contributed by atoms with Gasteiger partial charge < -0.3 is 10.0 Å². The minimum absolute atomic E-state index is 0.0758. The Labute approximate surface area is 93.0 Å². The molecule has 86 valence electrons. The first-order chi connectivity index (χ1) is 7.16. The fourth-order valence-electron chi connectivity index (χ4n) is 2.96. The Morgan fingerprint density at radius 2 is 2.27 bits per heavy atom. The third-order valence-electron chi connectivity index (χ3n) is 4.06. The second-order valence-corrected chi connectivity index (χ2v) is 5.31. The number of hydrogen-bond donors (Lipinski definition) is 1. The fraction of sp³-hybridized carbons (Fsp3) is 0.846. The van der Waals surface area contributed by atoms with E-state index in [1.54, 1.807) is 5.57 Å². The molecule has 1 fully saturated rings. The molecule has 1 heterocycles. The normalized spacial score (nSPS) is 38.1. The van der Waals surface area contributed by atoms with E-state index in [4.69, 9.17) is 0 Å². The van der Waals surface area contributed by atoms with Crippen LogP contribution in [0.1, 0.15) is 33.1 Å². The quantitative estimate of drug-likeness (QED) is 0.704. The second kappa shape index (κ2) is 4.67. The van der Waals surface area contributed by atoms with Crippen LogP contribution in [0.2, 0.25) is 0 Å². The average Bonchev–Trinajstić information content (AvgIpc) is 2.58. The van der Waals surface area contributed by atoms with E-state index in [2.05, 4.69) is 24.8 Å². The van der Waals surface area contributed by atoms with Crippen molar-refractivity contribution in [1.82, 2.24) is 4.90 Å². The maximum absolute atomic E-state index is 9.50. The van der Waals surface area contributed by atoms with Crippen LogP contribution in [-0.4, -0.2) is 35.7 Å². The Balaban J connectivity index is 1.92. The highest BCUT2D eigenvalue weighted by Crippen LogP contribution is 2.31. The molecular formula is C13H23NO. The van der Waals surface area contributed by atoms with E-state index >= 15 is 0 Å². The lowest BCUT2D eigenvalue weighted by Gasteiger charge is -2.32. The van der Waals surface area contributed by atoms with Gasteiger partial charge in [-0.2, -0.15) is 0 Å². The highest BCUT2D eigenvalue weighted by Gasteiger charge is 2.27. The van der Waals surface area contributed by atoms with Gasteiger partial charge >= 0.3 is 0 Å². The molecule has 3 atom stereocenters. The minimum atomic E-state index is -0.0758. The lowest BCUT2D eigenvalue weighted by Crippen LogP contribution is -2.33. The smallest absolute Gasteiger partial charge is 0.0679 e. The first-order valence-electron chi connectivity index (χ1n) is 6.24. The zero-order valence-electron chi connectivity index (χ0n) is 9.95. The van der Waals surface area contributed by atoms with Gasteiger partial charge in [-0.05, 0) is 38.0 Å². The van der Waals surface area contributed by atoms with E-state index in [1.807, 2.05) is 0 Å². The molecule has 0 aromatic heterocycles. The van der Waals surface area contributed by atoms with Crippen LogP contribution in [0.25, 0.3) is 0 Å². The van der Waals surface area contributed by atoms with Crippen LogP contribution in [0.4, 0.5) is 0 Å². The number of allylic oxidation sites excluding steroid dienone is 1. The molecule has 2 nitrogen and oxygen atoms in total. The lowest BCUT2D eigenvalue weighted by atomic mass is 9.80. The molecule has 1 N–H and O–H groups in total. The topological polar surface area (TPSA) is 23.5 Å². The number of aliphatic hydroxyl groups excluding tert-OH is 1. The Morgan fingerprint density at radius 3 is 2.87 bits per heavy atom. The molecule has 15 heavy (non-hydrogen) atoms. The van der Waals surface area contributed by atoms with E-state index in [0.717, 1.165) is 37.9 Å². The summed E-state index contributed by atoms with van der Waals surface area (Å²) in [5, 5.41) is 9.50. The number of likely N-dealkylation sites (tertiary alicyclic amines) is 1. The molecule has 0 amide bonds. The summed E-state index contributed by atoms with van der Waals surface area (Å²) in [5.41, 5.74) is 1.56. The van der Waals surface area contributed by atoms with Gasteiger partial charge in [-0.1, -0.05) is 18.6 Å². The average molecular weight is 209 g/mol. The van der Waals surface area contributed by atoms with Crippen molar-refractivity contribution in [2.24, 2.45) is 11.8 Å². The molecular weight excluding hydrogens is 186 g/mol. The lowest BCUT2D eigenvalue weighted by molar-refractivity contribution is 0.165. The number of aliphatic hydroxyl groups is 1. The maximum Gasteiger partial charge on any atom is 0.0679 e. The first-order valence-corrected chi connectivity index (χ1v) is 6.24. The van der Waals surface area contributed by atoms with Gasteiger partial charge in [-0.15, -0.1) is 0 Å². The highest BCUT2D eigenvalue weighted by molar-refractivity contribution is 5.09. The highest BCUT2D eigenvalue weighted by atomic mass is 16.3. The van der Waals surface area contributed by atoms with Crippen molar-refractivity contribution in [1.29, 1.82) is 0 Å². The third kappa shape index (κ3) is 2.61. The molecule has 0 bridgehead atoms. The van der Waals surface area contributed by atoms with Gasteiger partial charge in [0, 0.05) is 19.6 Å². The van der Waals surface area contributed by atoms with Crippen molar-refractivity contribution in [3.05, 3.63) is 11.6 Å². The van der Waals surface area contributed by atoms with Crippen LogP contribution in [0, 0.1) is 11.8 Å². The number of nitrogens with zero attached hydrogens (tertiary/aromatic N) is 1. The van der Waals surface area contributed by atoms with Crippen LogP contribution in [0.3, 0.4) is 0 Å². The molecule has 0 radical (unpaired) electrons. The zero-order valence-corrected chi connectivity index (χ0v) is 9.95. The summed E-state index contributed by atoms with van der Waals surface area (Å²) >= 11 is 0. The molecule has 1 saturated heterocycles. The standard InChI is InChI=1S/C13H23NO/c1-10-4-3-5-11(2)13(10)9-14-7-6-12(15)8-14/h4,11-13,15H,3,5-9H2,1-2H3/t11?,12-,13?/m0/s1. The van der Waals surface area contributed by atoms with E-state index in [0.29, 0.717) is 0 Å². The van der Waals surface area contributed by atoms with Gasteiger partial charge in [-0.3, -0.25) is 0 Å². The van der Waals surface area contributed by atoms with Crippen molar-refractivity contribution in [3.63, 3.8) is 0 Å². The summed E-state index contributed by atoms with van der Waals surface area (Å²) in [4.78, 5) is 2.43. The molecule has 2 unspecified atom stereocenters. The van der Waals surface area contributed by atoms with Gasteiger partial charge in [0.15, 0.2) is 0 Å². The Morgan fingerprint density at radius 1 is 1.47 bits per heavy atom. The summed E-state index contributed by atoms with van der Waals surface area (Å²) in [7, 11) is 0. The van der Waals surface area contributed by atoms with Crippen LogP contribution < -0.4 is 0 Å². The van der Waals surface area contributed by atoms with Crippen LogP contribution in [0.5, 0.6) is 0 Å². The van der Waals surface area contributed by atoms with Crippen molar-refractivity contribution in [2.45, 2.75) is 39.2 Å². The zero-order chi connectivity index (χ0) is 10.8. The van der Waals surface area contributed by atoms with Gasteiger partial charge in [0.05, 0.1) is 6.10 Å². The van der Waals surface area contributed by atoms with Crippen molar-refractivity contribution in [2.75, 3.05) is 19.6 Å². The van der Waals surface area contributed by atoms with E-state index < -0.39 is 0 Å². The Bertz CT molecular complexity index is 249. The molecule has 2 rings (SSSR count). The molecule has 2 heteroatoms. The van der Waals surface area contributed by atoms with Gasteiger partial charge in [-0.25, -0.2) is 0 Å². The largest absolute Gasteiger partial charge is 0.392 e. The SMILES string of the molecule is CC1=CCCC(C)C1CN1CC[C@H](O)C1. The number of rotatable bonds is 2. The number of β-amino-alcohol motifs (C(OH)–C–C–N with tert-alkyl or cyclic N) is 1. The molecule has 0 aromatic carbocycles. The van der Waals surface area contributed by atoms with Gasteiger partial charge in [0.2, 0.25) is 0 Å². The molecule has 0 spiro atoms. The van der Waals surface area contributed by atoms with Crippen molar-refractivity contribution < 1.29 is 5.11 Å². The summed E-state index contributed by atoms with van der Waals surface area (Å²) in [6.07, 6.45) is 5.87. The fourth-order valence-corrected chi connectivity index (χ4v) is 2.96. The van der Waals surface area contributed by atoms with Crippen LogP contribution in [0.15, 0.2) is 11.6 Å². The van der Waals surface area contributed by atoms with Gasteiger partial charge in [0.1, 0.15) is 0 Å². The molecule has 1 aliphatic heterocycles. The Kier molecular flexibility index (Phi) is 3.47. The molecule has 1 aliphatic carbocycles. The predicted octanol–water partition coefficient (Wildman–Crippen LogP) is 2.05. The summed E-state index contributed by atoms with van der Waals surface area (Å²) < 4.78 is 0. The second-order valence-electron chi connectivity index (χ2n) is 5.31. The van der Waals surface area contributed by atoms with E-state index in [9.17, 15) is 5.11 Å². The molecule has 2 aliphatic rings. The van der Waals surface area contributed by atoms with Crippen LogP contribution >= 0.6 is 0 Å². The van der Waals surface area contributed by atoms with E-state index in [-0.39, 0.29) is 6.10 Å². The number of hydrogen-bond acceptors (Lipinski definition) is 2. The van der Waals surface area contributed by atoms with Crippen LogP contribution in [-0.2, 0) is 0 Å².